The Morgan fingerprint density at radius 3 is 2.04 bits per heavy atom. The molecule has 0 amide bonds. The highest BCUT2D eigenvalue weighted by Crippen LogP contribution is 2.47. The Kier molecular flexibility index (Phi) is 10.1. The van der Waals surface area contributed by atoms with E-state index >= 15 is 4.39 Å². The summed E-state index contributed by atoms with van der Waals surface area (Å²) in [6.45, 7) is 6.41. The largest absolute Gasteiger partial charge is 0.460 e. The first-order chi connectivity index (χ1) is 21.9. The summed E-state index contributed by atoms with van der Waals surface area (Å²) in [4.78, 5) is 50.5. The summed E-state index contributed by atoms with van der Waals surface area (Å²) < 4.78 is 67.6. The Hall–Kier alpha value is -4.40. The third kappa shape index (κ3) is 6.85. The average molecular weight is 675 g/mol. The number of ether oxygens (including phenoxy) is 5. The quantitative estimate of drug-likeness (QED) is 0.305. The van der Waals surface area contributed by atoms with Gasteiger partial charge in [-0.25, -0.2) is 12.8 Å². The van der Waals surface area contributed by atoms with Crippen molar-refractivity contribution in [2.24, 2.45) is 0 Å². The van der Waals surface area contributed by atoms with Crippen molar-refractivity contribution in [1.29, 1.82) is 0 Å². The van der Waals surface area contributed by atoms with Crippen molar-refractivity contribution in [2.45, 2.75) is 76.6 Å². The van der Waals surface area contributed by atoms with Crippen molar-refractivity contribution in [3.63, 3.8) is 0 Å². The maximum absolute atomic E-state index is 15.0. The topological polar surface area (TPSA) is 169 Å². The highest BCUT2D eigenvalue weighted by molar-refractivity contribution is 7.90. The molecular formula is C33H35FO12S. The molecule has 2 aromatic carbocycles. The lowest BCUT2D eigenvalue weighted by Crippen LogP contribution is -2.73. The van der Waals surface area contributed by atoms with E-state index < -0.39 is 76.2 Å². The number of hydrogen-bond acceptors (Lipinski definition) is 12. The molecule has 1 aliphatic heterocycles. The van der Waals surface area contributed by atoms with Gasteiger partial charge in [-0.05, 0) is 72.9 Å². The second-order valence-electron chi connectivity index (χ2n) is 11.3. The minimum atomic E-state index is -3.44. The van der Waals surface area contributed by atoms with E-state index in [0.29, 0.717) is 27.8 Å². The van der Waals surface area contributed by atoms with Gasteiger partial charge in [-0.1, -0.05) is 18.2 Å². The van der Waals surface area contributed by atoms with E-state index in [1.165, 1.54) is 31.2 Å². The van der Waals surface area contributed by atoms with Crippen LogP contribution < -0.4 is 0 Å². The second-order valence-corrected chi connectivity index (χ2v) is 13.3. The van der Waals surface area contributed by atoms with E-state index in [0.717, 1.165) is 34.0 Å². The molecule has 0 bridgehead atoms. The maximum atomic E-state index is 15.0. The molecule has 5 atom stereocenters. The van der Waals surface area contributed by atoms with Crippen LogP contribution in [0.5, 0.6) is 0 Å². The molecule has 252 valence electrons. The minimum absolute atomic E-state index is 0.0565. The van der Waals surface area contributed by atoms with Gasteiger partial charge >= 0.3 is 17.9 Å². The van der Waals surface area contributed by atoms with Crippen molar-refractivity contribution in [3.8, 4) is 0 Å². The fourth-order valence-electron chi connectivity index (χ4n) is 5.82. The maximum Gasteiger partial charge on any atom is 0.303 e. The van der Waals surface area contributed by atoms with Crippen molar-refractivity contribution >= 4 is 50.9 Å². The molecule has 1 aliphatic carbocycles. The number of fused-ring (bicyclic) bond motifs is 1. The van der Waals surface area contributed by atoms with E-state index in [9.17, 15) is 32.7 Å². The van der Waals surface area contributed by atoms with Gasteiger partial charge in [0.05, 0.1) is 11.5 Å². The number of aliphatic hydroxyl groups is 1. The molecule has 14 heteroatoms. The summed E-state index contributed by atoms with van der Waals surface area (Å²) in [7, 11) is -3.44. The molecule has 1 heterocycles. The Morgan fingerprint density at radius 1 is 0.936 bits per heavy atom. The number of ketones is 1. The molecule has 4 rings (SSSR count). The fourth-order valence-corrected chi connectivity index (χ4v) is 6.45. The van der Waals surface area contributed by atoms with Gasteiger partial charge in [0.2, 0.25) is 12.4 Å². The number of hydrogen-bond donors (Lipinski definition) is 1. The van der Waals surface area contributed by atoms with Gasteiger partial charge in [-0.15, -0.1) is 0 Å². The predicted octanol–water partition coefficient (Wildman–Crippen LogP) is 3.31. The van der Waals surface area contributed by atoms with Crippen molar-refractivity contribution in [1.82, 2.24) is 0 Å². The number of rotatable bonds is 9. The highest BCUT2D eigenvalue weighted by Gasteiger charge is 2.67. The SMILES string of the molecule is CC(=O)O[C@@H]1[C@@H](CO)OC(OC2=C(C)C(=Cc3ccc(S(C)(=O)=O)cc3)c3ccc(F)c(C)c32)[C@H](OC(C)=O)[C@]1(OC(C)=O)C(C)=O. The van der Waals surface area contributed by atoms with Crippen LogP contribution in [0.2, 0.25) is 0 Å². The molecule has 0 aromatic heterocycles. The van der Waals surface area contributed by atoms with E-state index in [-0.39, 0.29) is 16.2 Å². The summed E-state index contributed by atoms with van der Waals surface area (Å²) in [5.74, 6) is -4.27. The van der Waals surface area contributed by atoms with Crippen LogP contribution in [-0.2, 0) is 52.7 Å². The molecule has 1 unspecified atom stereocenters. The molecule has 2 aromatic rings. The lowest BCUT2D eigenvalue weighted by molar-refractivity contribution is -0.316. The van der Waals surface area contributed by atoms with Crippen LogP contribution in [0.1, 0.15) is 56.9 Å². The van der Waals surface area contributed by atoms with Gasteiger partial charge in [-0.3, -0.25) is 19.2 Å². The number of carbonyl (C=O) groups excluding carboxylic acids is 4. The zero-order chi connectivity index (χ0) is 35.0. The third-order valence-electron chi connectivity index (χ3n) is 7.88. The van der Waals surface area contributed by atoms with Crippen LogP contribution in [0.25, 0.3) is 17.4 Å². The smallest absolute Gasteiger partial charge is 0.303 e. The first-order valence-corrected chi connectivity index (χ1v) is 16.3. The number of halogens is 1. The number of allylic oxidation sites excluding steroid dienone is 2. The first kappa shape index (κ1) is 35.5. The molecule has 12 nitrogen and oxygen atoms in total. The van der Waals surface area contributed by atoms with Crippen LogP contribution in [0.3, 0.4) is 0 Å². The highest BCUT2D eigenvalue weighted by atomic mass is 32.2. The van der Waals surface area contributed by atoms with E-state index in [1.807, 2.05) is 0 Å². The molecule has 0 saturated carbocycles. The number of sulfone groups is 1. The number of esters is 3. The number of benzene rings is 2. The zero-order valence-electron chi connectivity index (χ0n) is 26.8. The van der Waals surface area contributed by atoms with Gasteiger partial charge in [-0.2, -0.15) is 0 Å². The second kappa shape index (κ2) is 13.4. The minimum Gasteiger partial charge on any atom is -0.460 e. The van der Waals surface area contributed by atoms with Crippen LogP contribution >= 0.6 is 0 Å². The van der Waals surface area contributed by atoms with Crippen molar-refractivity contribution in [2.75, 3.05) is 12.9 Å². The molecule has 1 fully saturated rings. The molecule has 1 saturated heterocycles. The van der Waals surface area contributed by atoms with Crippen LogP contribution in [0, 0.1) is 12.7 Å². The molecule has 0 spiro atoms. The molecule has 2 aliphatic rings. The van der Waals surface area contributed by atoms with E-state index in [1.54, 1.807) is 25.1 Å². The Morgan fingerprint density at radius 2 is 1.53 bits per heavy atom. The first-order valence-electron chi connectivity index (χ1n) is 14.4. The third-order valence-corrected chi connectivity index (χ3v) is 9.01. The summed E-state index contributed by atoms with van der Waals surface area (Å²) >= 11 is 0. The fraction of sp³-hybridized carbons (Fsp3) is 0.394. The standard InChI is InChI=1S/C33H35FO12S/c1-16-25(14-22-8-10-23(11-9-22)47(7,40)41)24-12-13-26(34)17(2)28(24)29(16)45-32-31(43-20(5)38)33(18(3)36,46-21(6)39)30(42-19(4)37)27(15-35)44-32/h8-14,27,30-32,35H,15H2,1-7H3/t27-,30-,31+,32?,33+/m1/s1. The Labute approximate surface area is 271 Å². The lowest BCUT2D eigenvalue weighted by Gasteiger charge is -2.50. The normalized spacial score (nSPS) is 24.8. The average Bonchev–Trinajstić information content (AvgIpc) is 3.23. The number of aliphatic hydroxyl groups excluding tert-OH is 1. The lowest BCUT2D eigenvalue weighted by atomic mass is 9.80. The number of Topliss-reactive ketones (excluding diaryl/α,β-unsaturated/α-hetero) is 1. The van der Waals surface area contributed by atoms with Gasteiger partial charge in [0.25, 0.3) is 5.60 Å². The van der Waals surface area contributed by atoms with E-state index in [4.69, 9.17) is 23.7 Å². The zero-order valence-corrected chi connectivity index (χ0v) is 27.6. The van der Waals surface area contributed by atoms with E-state index in [2.05, 4.69) is 0 Å². The summed E-state index contributed by atoms with van der Waals surface area (Å²) in [6.07, 6.45) is -4.08. The van der Waals surface area contributed by atoms with Crippen LogP contribution in [0.4, 0.5) is 4.39 Å². The summed E-state index contributed by atoms with van der Waals surface area (Å²) in [5, 5.41) is 10.3. The van der Waals surface area contributed by atoms with Gasteiger partial charge in [0.15, 0.2) is 21.7 Å². The summed E-state index contributed by atoms with van der Waals surface area (Å²) in [6, 6.07) is 8.92. The summed E-state index contributed by atoms with van der Waals surface area (Å²) in [5.41, 5.74) is 0.137. The van der Waals surface area contributed by atoms with Crippen LogP contribution in [0.15, 0.2) is 46.9 Å². The number of carbonyl (C=O) groups is 4. The van der Waals surface area contributed by atoms with Gasteiger partial charge in [0, 0.05) is 32.6 Å². The van der Waals surface area contributed by atoms with Gasteiger partial charge in [0.1, 0.15) is 17.7 Å². The van der Waals surface area contributed by atoms with Crippen molar-refractivity contribution < 1.29 is 60.8 Å². The van der Waals surface area contributed by atoms with Crippen molar-refractivity contribution in [3.05, 3.63) is 70.0 Å². The molecule has 47 heavy (non-hydrogen) atoms. The van der Waals surface area contributed by atoms with Crippen LogP contribution in [-0.4, -0.2) is 80.3 Å². The van der Waals surface area contributed by atoms with Gasteiger partial charge < -0.3 is 28.8 Å². The molecular weight excluding hydrogens is 639 g/mol. The molecule has 1 N–H and O–H groups in total. The Bertz CT molecular complexity index is 1790. The Balaban J connectivity index is 1.92. The monoisotopic (exact) mass is 674 g/mol. The molecule has 0 radical (unpaired) electrons. The predicted molar refractivity (Wildman–Crippen MR) is 164 cm³/mol.